The van der Waals surface area contributed by atoms with E-state index in [1.165, 1.54) is 11.1 Å². The fourth-order valence-electron chi connectivity index (χ4n) is 6.00. The van der Waals surface area contributed by atoms with Crippen molar-refractivity contribution in [1.29, 1.82) is 0 Å². The van der Waals surface area contributed by atoms with Crippen LogP contribution in [0.5, 0.6) is 0 Å². The van der Waals surface area contributed by atoms with Gasteiger partial charge in [-0.1, -0.05) is 62.4 Å². The van der Waals surface area contributed by atoms with Crippen LogP contribution in [0.4, 0.5) is 4.79 Å². The van der Waals surface area contributed by atoms with Crippen LogP contribution >= 0.6 is 0 Å². The van der Waals surface area contributed by atoms with E-state index in [4.69, 9.17) is 4.74 Å². The van der Waals surface area contributed by atoms with Gasteiger partial charge < -0.3 is 20.5 Å². The van der Waals surface area contributed by atoms with Crippen molar-refractivity contribution >= 4 is 18.0 Å². The topological polar surface area (TPSA) is 105 Å². The minimum Gasteiger partial charge on any atom is -0.481 e. The summed E-state index contributed by atoms with van der Waals surface area (Å²) < 4.78 is 5.59. The normalized spacial score (nSPS) is 24.2. The molecule has 2 fully saturated rings. The van der Waals surface area contributed by atoms with Crippen molar-refractivity contribution in [3.8, 4) is 11.1 Å². The fraction of sp³-hybridized carbons (Fsp3) is 0.464. The van der Waals surface area contributed by atoms with Gasteiger partial charge in [-0.2, -0.15) is 0 Å². The van der Waals surface area contributed by atoms with Crippen LogP contribution in [-0.4, -0.2) is 42.3 Å². The Labute approximate surface area is 205 Å². The molecule has 0 aliphatic heterocycles. The maximum Gasteiger partial charge on any atom is 0.407 e. The number of carbonyl (C=O) groups excluding carboxylic acids is 2. The standard InChI is InChI=1S/C28H32N2O5/c1-27(2,14-24(31)30-18-11-17-12-28(17,13-18)25(32)33)16-29-26(34)35-15-23-21-9-5-3-7-19(21)20-8-4-6-10-22(20)23/h3-10,17-18,23H,11-16H2,1-2H3,(H,29,34)(H,30,31)(H,32,33)/t17-,18+,28+/m0/s1. The van der Waals surface area contributed by atoms with Gasteiger partial charge in [-0.25, -0.2) is 4.79 Å². The van der Waals surface area contributed by atoms with Gasteiger partial charge in [0.2, 0.25) is 5.91 Å². The van der Waals surface area contributed by atoms with Crippen molar-refractivity contribution in [3.05, 3.63) is 59.7 Å². The van der Waals surface area contributed by atoms with Crippen molar-refractivity contribution in [2.45, 2.75) is 51.5 Å². The Balaban J connectivity index is 1.09. The number of amides is 2. The Hall–Kier alpha value is -3.35. The summed E-state index contributed by atoms with van der Waals surface area (Å²) in [7, 11) is 0. The maximum absolute atomic E-state index is 12.6. The number of rotatable bonds is 8. The summed E-state index contributed by atoms with van der Waals surface area (Å²) in [4.78, 5) is 36.5. The third-order valence-corrected chi connectivity index (χ3v) is 7.90. The summed E-state index contributed by atoms with van der Waals surface area (Å²) >= 11 is 0. The van der Waals surface area contributed by atoms with Crippen molar-refractivity contribution in [2.24, 2.45) is 16.7 Å². The monoisotopic (exact) mass is 476 g/mol. The number of alkyl carbamates (subject to hydrolysis) is 1. The third-order valence-electron chi connectivity index (χ3n) is 7.90. The van der Waals surface area contributed by atoms with Gasteiger partial charge in [0, 0.05) is 24.9 Å². The van der Waals surface area contributed by atoms with Crippen molar-refractivity contribution in [3.63, 3.8) is 0 Å². The highest BCUT2D eigenvalue weighted by molar-refractivity contribution is 5.81. The van der Waals surface area contributed by atoms with Crippen molar-refractivity contribution in [1.82, 2.24) is 10.6 Å². The lowest BCUT2D eigenvalue weighted by atomic mass is 9.88. The van der Waals surface area contributed by atoms with Gasteiger partial charge in [0.05, 0.1) is 5.41 Å². The molecule has 0 spiro atoms. The number of carboxylic acid groups (broad SMARTS) is 1. The van der Waals surface area contributed by atoms with Crippen LogP contribution in [0.2, 0.25) is 0 Å². The number of aliphatic carboxylic acids is 1. The van der Waals surface area contributed by atoms with Crippen LogP contribution in [0.15, 0.2) is 48.5 Å². The van der Waals surface area contributed by atoms with Crippen LogP contribution in [0.3, 0.4) is 0 Å². The maximum atomic E-state index is 12.6. The SMILES string of the molecule is CC(C)(CNC(=O)OCC1c2ccccc2-c2ccccc21)CC(=O)N[C@@H]1C[C@H]2C[C@@]2(C(=O)O)C1. The number of benzene rings is 2. The van der Waals surface area contributed by atoms with E-state index in [1.807, 2.05) is 38.1 Å². The molecule has 3 aliphatic carbocycles. The van der Waals surface area contributed by atoms with Crippen LogP contribution in [0, 0.1) is 16.7 Å². The van der Waals surface area contributed by atoms with Crippen LogP contribution in [0.25, 0.3) is 11.1 Å². The first-order valence-corrected chi connectivity index (χ1v) is 12.3. The molecule has 5 rings (SSSR count). The van der Waals surface area contributed by atoms with E-state index in [-0.39, 0.29) is 36.8 Å². The smallest absolute Gasteiger partial charge is 0.407 e. The zero-order valence-corrected chi connectivity index (χ0v) is 20.2. The van der Waals surface area contributed by atoms with E-state index < -0.39 is 22.9 Å². The van der Waals surface area contributed by atoms with E-state index in [0.29, 0.717) is 13.0 Å². The first kappa shape index (κ1) is 23.4. The van der Waals surface area contributed by atoms with Gasteiger partial charge in [0.1, 0.15) is 6.61 Å². The molecule has 35 heavy (non-hydrogen) atoms. The van der Waals surface area contributed by atoms with Gasteiger partial charge in [0.15, 0.2) is 0 Å². The zero-order valence-electron chi connectivity index (χ0n) is 20.2. The lowest BCUT2D eigenvalue weighted by Crippen LogP contribution is -2.41. The Kier molecular flexibility index (Phi) is 5.82. The summed E-state index contributed by atoms with van der Waals surface area (Å²) in [6, 6.07) is 16.3. The molecule has 0 heterocycles. The number of nitrogens with one attached hydrogen (secondary N) is 2. The molecule has 3 aliphatic rings. The number of ether oxygens (including phenoxy) is 1. The van der Waals surface area contributed by atoms with Gasteiger partial charge in [-0.3, -0.25) is 9.59 Å². The molecule has 2 amide bonds. The molecule has 7 heteroatoms. The van der Waals surface area contributed by atoms with Gasteiger partial charge >= 0.3 is 12.1 Å². The molecule has 0 bridgehead atoms. The van der Waals surface area contributed by atoms with E-state index in [2.05, 4.69) is 34.9 Å². The van der Waals surface area contributed by atoms with Crippen LogP contribution in [0.1, 0.15) is 56.6 Å². The molecule has 0 unspecified atom stereocenters. The molecule has 2 aromatic carbocycles. The Bertz CT molecular complexity index is 1130. The third kappa shape index (κ3) is 4.51. The van der Waals surface area contributed by atoms with Crippen LogP contribution in [-0.2, 0) is 14.3 Å². The highest BCUT2D eigenvalue weighted by atomic mass is 16.5. The lowest BCUT2D eigenvalue weighted by molar-refractivity contribution is -0.143. The summed E-state index contributed by atoms with van der Waals surface area (Å²) in [6.45, 7) is 4.38. The molecule has 184 valence electrons. The Morgan fingerprint density at radius 1 is 1.03 bits per heavy atom. The summed E-state index contributed by atoms with van der Waals surface area (Å²) in [5.41, 5.74) is 3.59. The van der Waals surface area contributed by atoms with Crippen molar-refractivity contribution < 1.29 is 24.2 Å². The van der Waals surface area contributed by atoms with Crippen molar-refractivity contribution in [2.75, 3.05) is 13.2 Å². The predicted octanol–water partition coefficient (Wildman–Crippen LogP) is 4.31. The molecule has 2 saturated carbocycles. The largest absolute Gasteiger partial charge is 0.481 e. The molecule has 0 saturated heterocycles. The van der Waals surface area contributed by atoms with Crippen LogP contribution < -0.4 is 10.6 Å². The molecule has 3 atom stereocenters. The molecule has 7 nitrogen and oxygen atoms in total. The Morgan fingerprint density at radius 2 is 1.66 bits per heavy atom. The average molecular weight is 477 g/mol. The summed E-state index contributed by atoms with van der Waals surface area (Å²) in [6.07, 6.45) is 1.70. The molecule has 2 aromatic rings. The number of hydrogen-bond acceptors (Lipinski definition) is 4. The zero-order chi connectivity index (χ0) is 24.8. The minimum atomic E-state index is -0.744. The Morgan fingerprint density at radius 3 is 2.26 bits per heavy atom. The van der Waals surface area contributed by atoms with Gasteiger partial charge in [0.25, 0.3) is 0 Å². The quantitative estimate of drug-likeness (QED) is 0.527. The average Bonchev–Trinajstić information content (AvgIpc) is 3.25. The minimum absolute atomic E-state index is 0.00124. The highest BCUT2D eigenvalue weighted by Gasteiger charge is 2.65. The number of fused-ring (bicyclic) bond motifs is 4. The molecule has 3 N–H and O–H groups in total. The second-order valence-corrected chi connectivity index (χ2v) is 11.1. The number of carboxylic acids is 1. The summed E-state index contributed by atoms with van der Waals surface area (Å²) in [5.74, 6) is -0.671. The van der Waals surface area contributed by atoms with Gasteiger partial charge in [-0.05, 0) is 52.8 Å². The summed E-state index contributed by atoms with van der Waals surface area (Å²) in [5, 5.41) is 15.2. The van der Waals surface area contributed by atoms with E-state index in [0.717, 1.165) is 24.0 Å². The van der Waals surface area contributed by atoms with E-state index in [9.17, 15) is 19.5 Å². The molecule has 0 aromatic heterocycles. The second kappa shape index (κ2) is 8.70. The number of carbonyl (C=O) groups is 3. The molecular formula is C28H32N2O5. The second-order valence-electron chi connectivity index (χ2n) is 11.1. The molecular weight excluding hydrogens is 444 g/mol. The molecule has 0 radical (unpaired) electrons. The lowest BCUT2D eigenvalue weighted by Gasteiger charge is -2.26. The van der Waals surface area contributed by atoms with Gasteiger partial charge in [-0.15, -0.1) is 0 Å². The first-order chi connectivity index (χ1) is 16.7. The predicted molar refractivity (Wildman–Crippen MR) is 131 cm³/mol. The van der Waals surface area contributed by atoms with E-state index >= 15 is 0 Å². The fourth-order valence-corrected chi connectivity index (χ4v) is 6.00. The highest BCUT2D eigenvalue weighted by Crippen LogP contribution is 2.63. The number of hydrogen-bond donors (Lipinski definition) is 3. The van der Waals surface area contributed by atoms with E-state index in [1.54, 1.807) is 0 Å². The first-order valence-electron chi connectivity index (χ1n) is 12.3.